The summed E-state index contributed by atoms with van der Waals surface area (Å²) in [5.41, 5.74) is -0.00337. The van der Waals surface area contributed by atoms with E-state index in [0.717, 1.165) is 4.88 Å². The third kappa shape index (κ3) is 3.93. The quantitative estimate of drug-likeness (QED) is 0.822. The zero-order chi connectivity index (χ0) is 18.9. The maximum Gasteiger partial charge on any atom is 0.252 e. The summed E-state index contributed by atoms with van der Waals surface area (Å²) in [5, 5.41) is 2.44. The third-order valence-electron chi connectivity index (χ3n) is 4.27. The highest BCUT2D eigenvalue weighted by molar-refractivity contribution is 7.91. The van der Waals surface area contributed by atoms with Gasteiger partial charge in [-0.3, -0.25) is 4.79 Å². The van der Waals surface area contributed by atoms with E-state index in [9.17, 15) is 17.6 Å². The van der Waals surface area contributed by atoms with Crippen molar-refractivity contribution in [3.05, 3.63) is 46.0 Å². The number of carbonyl (C=O) groups is 1. The molecule has 9 heteroatoms. The summed E-state index contributed by atoms with van der Waals surface area (Å²) in [6.07, 6.45) is 1.11. The van der Waals surface area contributed by atoms with Gasteiger partial charge in [-0.2, -0.15) is 4.31 Å². The molecule has 1 saturated heterocycles. The molecule has 1 amide bonds. The van der Waals surface area contributed by atoms with Gasteiger partial charge in [-0.15, -0.1) is 11.3 Å². The predicted octanol–water partition coefficient (Wildman–Crippen LogP) is 3.89. The van der Waals surface area contributed by atoms with Crippen LogP contribution in [-0.4, -0.2) is 31.7 Å². The molecule has 1 N–H and O–H groups in total. The van der Waals surface area contributed by atoms with Crippen LogP contribution in [0.15, 0.2) is 34.5 Å². The number of nitrogens with zero attached hydrogens (tertiary/aromatic N) is 1. The van der Waals surface area contributed by atoms with Gasteiger partial charge >= 0.3 is 0 Å². The van der Waals surface area contributed by atoms with Gasteiger partial charge in [0.2, 0.25) is 5.91 Å². The number of hydrogen-bond acceptors (Lipinski definition) is 4. The fourth-order valence-corrected chi connectivity index (χ4v) is 6.02. The molecule has 0 radical (unpaired) electrons. The molecule has 2 heterocycles. The molecule has 0 bridgehead atoms. The summed E-state index contributed by atoms with van der Waals surface area (Å²) in [6.45, 7) is 2.29. The molecule has 1 fully saturated rings. The monoisotopic (exact) mass is 416 g/mol. The van der Waals surface area contributed by atoms with Crippen LogP contribution in [0.2, 0.25) is 5.02 Å². The van der Waals surface area contributed by atoms with Gasteiger partial charge in [0.25, 0.3) is 10.0 Å². The van der Waals surface area contributed by atoms with Crippen LogP contribution in [0.4, 0.5) is 10.1 Å². The van der Waals surface area contributed by atoms with Crippen molar-refractivity contribution in [3.63, 3.8) is 0 Å². The van der Waals surface area contributed by atoms with E-state index in [-0.39, 0.29) is 21.5 Å². The minimum atomic E-state index is -3.62. The molecule has 3 rings (SSSR count). The Labute approximate surface area is 160 Å². The van der Waals surface area contributed by atoms with Gasteiger partial charge in [0, 0.05) is 18.0 Å². The van der Waals surface area contributed by atoms with Crippen molar-refractivity contribution >= 4 is 44.6 Å². The first-order valence-corrected chi connectivity index (χ1v) is 10.7. The average molecular weight is 417 g/mol. The van der Waals surface area contributed by atoms with Crippen LogP contribution < -0.4 is 5.32 Å². The molecule has 1 unspecified atom stereocenters. The summed E-state index contributed by atoms with van der Waals surface area (Å²) in [7, 11) is -3.62. The lowest BCUT2D eigenvalue weighted by Crippen LogP contribution is -2.43. The zero-order valence-electron chi connectivity index (χ0n) is 14.0. The van der Waals surface area contributed by atoms with Crippen molar-refractivity contribution in [1.29, 1.82) is 0 Å². The minimum absolute atomic E-state index is 0.00337. The normalized spacial score (nSPS) is 18.7. The Kier molecular flexibility index (Phi) is 5.67. The zero-order valence-corrected chi connectivity index (χ0v) is 16.4. The Morgan fingerprint density at radius 1 is 1.35 bits per heavy atom. The average Bonchev–Trinajstić information content (AvgIpc) is 3.06. The Morgan fingerprint density at radius 2 is 2.12 bits per heavy atom. The highest BCUT2D eigenvalue weighted by Gasteiger charge is 2.34. The van der Waals surface area contributed by atoms with Crippen molar-refractivity contribution in [2.45, 2.75) is 24.0 Å². The number of thiophene rings is 1. The Hall–Kier alpha value is -1.48. The Bertz CT molecular complexity index is 930. The fourth-order valence-electron chi connectivity index (χ4n) is 2.89. The molecule has 1 aromatic heterocycles. The largest absolute Gasteiger partial charge is 0.323 e. The molecule has 1 aliphatic heterocycles. The Balaban J connectivity index is 1.74. The lowest BCUT2D eigenvalue weighted by molar-refractivity contribution is -0.120. The first kappa shape index (κ1) is 19.3. The van der Waals surface area contributed by atoms with E-state index >= 15 is 0 Å². The maximum absolute atomic E-state index is 14.0. The van der Waals surface area contributed by atoms with E-state index in [1.54, 1.807) is 12.1 Å². The highest BCUT2D eigenvalue weighted by Crippen LogP contribution is 2.29. The van der Waals surface area contributed by atoms with Crippen molar-refractivity contribution in [2.24, 2.45) is 5.92 Å². The van der Waals surface area contributed by atoms with Crippen LogP contribution in [0.5, 0.6) is 0 Å². The summed E-state index contributed by atoms with van der Waals surface area (Å²) in [4.78, 5) is 13.4. The van der Waals surface area contributed by atoms with Crippen molar-refractivity contribution in [3.8, 4) is 0 Å². The molecule has 2 aromatic rings. The molecule has 1 aromatic carbocycles. The fraction of sp³-hybridized carbons (Fsp3) is 0.353. The van der Waals surface area contributed by atoms with Crippen LogP contribution in [0.3, 0.4) is 0 Å². The number of aryl methyl sites for hydroxylation is 1. The molecule has 1 aliphatic rings. The van der Waals surface area contributed by atoms with Gasteiger partial charge in [0.1, 0.15) is 4.21 Å². The molecular formula is C17H18ClFN2O3S2. The van der Waals surface area contributed by atoms with Crippen molar-refractivity contribution in [2.75, 3.05) is 18.4 Å². The van der Waals surface area contributed by atoms with Crippen molar-refractivity contribution in [1.82, 2.24) is 4.31 Å². The molecular weight excluding hydrogens is 399 g/mol. The summed E-state index contributed by atoms with van der Waals surface area (Å²) in [6, 6.07) is 7.70. The molecule has 5 nitrogen and oxygen atoms in total. The van der Waals surface area contributed by atoms with Crippen molar-refractivity contribution < 1.29 is 17.6 Å². The third-order valence-corrected chi connectivity index (χ3v) is 7.90. The number of hydrogen-bond donors (Lipinski definition) is 1. The molecule has 26 heavy (non-hydrogen) atoms. The van der Waals surface area contributed by atoms with E-state index in [2.05, 4.69) is 5.32 Å². The molecule has 0 spiro atoms. The number of benzene rings is 1. The lowest BCUT2D eigenvalue weighted by Gasteiger charge is -2.30. The number of piperidine rings is 1. The number of amides is 1. The molecule has 140 valence electrons. The minimum Gasteiger partial charge on any atom is -0.323 e. The predicted molar refractivity (Wildman–Crippen MR) is 101 cm³/mol. The summed E-state index contributed by atoms with van der Waals surface area (Å²) in [5.74, 6) is -1.65. The van der Waals surface area contributed by atoms with Gasteiger partial charge in [-0.25, -0.2) is 12.8 Å². The van der Waals surface area contributed by atoms with Crippen LogP contribution in [0.25, 0.3) is 0 Å². The van der Waals surface area contributed by atoms with Crippen LogP contribution in [0.1, 0.15) is 17.7 Å². The topological polar surface area (TPSA) is 66.5 Å². The second-order valence-electron chi connectivity index (χ2n) is 6.16. The standard InChI is InChI=1S/C17H18ClFN2O3S2/c1-11-7-8-15(25-11)26(23,24)21-9-3-4-12(10-21)17(22)20-14-6-2-5-13(18)16(14)19/h2,5-8,12H,3-4,9-10H2,1H3,(H,20,22). The summed E-state index contributed by atoms with van der Waals surface area (Å²) >= 11 is 6.93. The second-order valence-corrected chi connectivity index (χ2v) is 10.0. The number of halogens is 2. The van der Waals surface area contributed by atoms with Gasteiger partial charge < -0.3 is 5.32 Å². The summed E-state index contributed by atoms with van der Waals surface area (Å²) < 4.78 is 41.1. The number of anilines is 1. The number of rotatable bonds is 4. The first-order chi connectivity index (χ1) is 12.3. The van der Waals surface area contributed by atoms with Crippen LogP contribution in [0, 0.1) is 18.7 Å². The number of nitrogens with one attached hydrogen (secondary N) is 1. The van der Waals surface area contributed by atoms with Gasteiger partial charge in [0.05, 0.1) is 16.6 Å². The Morgan fingerprint density at radius 3 is 2.81 bits per heavy atom. The number of sulfonamides is 1. The maximum atomic E-state index is 14.0. The van der Waals surface area contributed by atoms with Gasteiger partial charge in [-0.05, 0) is 44.0 Å². The smallest absolute Gasteiger partial charge is 0.252 e. The van der Waals surface area contributed by atoms with E-state index in [4.69, 9.17) is 11.6 Å². The van der Waals surface area contributed by atoms with E-state index in [0.29, 0.717) is 19.4 Å². The molecule has 0 saturated carbocycles. The van der Waals surface area contributed by atoms with Gasteiger partial charge in [-0.1, -0.05) is 17.7 Å². The molecule has 1 atom stereocenters. The van der Waals surface area contributed by atoms with E-state index in [1.807, 2.05) is 6.92 Å². The number of carbonyl (C=O) groups excluding carboxylic acids is 1. The lowest BCUT2D eigenvalue weighted by atomic mass is 9.98. The molecule has 0 aliphatic carbocycles. The highest BCUT2D eigenvalue weighted by atomic mass is 35.5. The second kappa shape index (κ2) is 7.64. The van der Waals surface area contributed by atoms with Crippen LogP contribution in [-0.2, 0) is 14.8 Å². The van der Waals surface area contributed by atoms with E-state index < -0.39 is 27.7 Å². The first-order valence-electron chi connectivity index (χ1n) is 8.10. The SMILES string of the molecule is Cc1ccc(S(=O)(=O)N2CCCC(C(=O)Nc3cccc(Cl)c3F)C2)s1. The van der Waals surface area contributed by atoms with Crippen LogP contribution >= 0.6 is 22.9 Å². The van der Waals surface area contributed by atoms with Gasteiger partial charge in [0.15, 0.2) is 5.82 Å². The van der Waals surface area contributed by atoms with E-state index in [1.165, 1.54) is 33.8 Å².